The largest absolute Gasteiger partial charge is 0.379 e. The van der Waals surface area contributed by atoms with Gasteiger partial charge in [0.05, 0.1) is 13.2 Å². The first-order valence-electron chi connectivity index (χ1n) is 7.17. The first-order valence-corrected chi connectivity index (χ1v) is 7.55. The van der Waals surface area contributed by atoms with Crippen molar-refractivity contribution in [1.82, 2.24) is 4.90 Å². The molecule has 1 aromatic carbocycles. The topological polar surface area (TPSA) is 12.5 Å². The first-order chi connectivity index (χ1) is 9.09. The van der Waals surface area contributed by atoms with Gasteiger partial charge in [0.15, 0.2) is 0 Å². The van der Waals surface area contributed by atoms with Gasteiger partial charge in [0.1, 0.15) is 0 Å². The minimum Gasteiger partial charge on any atom is -0.379 e. The molecule has 0 bridgehead atoms. The van der Waals surface area contributed by atoms with Crippen molar-refractivity contribution in [2.75, 3.05) is 32.8 Å². The molecule has 1 saturated heterocycles. The van der Waals surface area contributed by atoms with Crippen LogP contribution in [-0.2, 0) is 11.2 Å². The molecule has 1 aliphatic heterocycles. The molecule has 0 aliphatic carbocycles. The molecule has 1 heterocycles. The maximum Gasteiger partial charge on any atom is 0.0594 e. The fourth-order valence-electron chi connectivity index (χ4n) is 2.77. The van der Waals surface area contributed by atoms with Gasteiger partial charge in [-0.25, -0.2) is 0 Å². The third-order valence-corrected chi connectivity index (χ3v) is 4.34. The number of morpholine rings is 1. The second kappa shape index (κ2) is 6.74. The van der Waals surface area contributed by atoms with Crippen LogP contribution >= 0.6 is 11.6 Å². The first kappa shape index (κ1) is 14.8. The van der Waals surface area contributed by atoms with Gasteiger partial charge in [-0.15, -0.1) is 0 Å². The zero-order chi connectivity index (χ0) is 13.8. The fourth-order valence-corrected chi connectivity index (χ4v) is 3.07. The molecule has 3 heteroatoms. The monoisotopic (exact) mass is 281 g/mol. The van der Waals surface area contributed by atoms with E-state index in [0.717, 1.165) is 44.3 Å². The van der Waals surface area contributed by atoms with Gasteiger partial charge in [-0.1, -0.05) is 31.5 Å². The number of ether oxygens (including phenoxy) is 1. The third kappa shape index (κ3) is 3.71. The van der Waals surface area contributed by atoms with Gasteiger partial charge in [0, 0.05) is 24.7 Å². The average Bonchev–Trinajstić information content (AvgIpc) is 2.39. The van der Waals surface area contributed by atoms with E-state index in [9.17, 15) is 0 Å². The molecule has 106 valence electrons. The van der Waals surface area contributed by atoms with Crippen LogP contribution in [0.1, 0.15) is 36.5 Å². The maximum atomic E-state index is 6.38. The summed E-state index contributed by atoms with van der Waals surface area (Å²) in [5.74, 6) is 0.555. The highest BCUT2D eigenvalue weighted by Gasteiger charge is 2.14. The Bertz CT molecular complexity index is 425. The van der Waals surface area contributed by atoms with E-state index in [0.29, 0.717) is 5.92 Å². The summed E-state index contributed by atoms with van der Waals surface area (Å²) in [6.45, 7) is 11.6. The maximum absolute atomic E-state index is 6.38. The van der Waals surface area contributed by atoms with Gasteiger partial charge in [0.2, 0.25) is 0 Å². The predicted molar refractivity (Wildman–Crippen MR) is 81.2 cm³/mol. The van der Waals surface area contributed by atoms with Crippen LogP contribution in [0.3, 0.4) is 0 Å². The molecule has 0 saturated carbocycles. The number of halogens is 1. The summed E-state index contributed by atoms with van der Waals surface area (Å²) >= 11 is 6.38. The average molecular weight is 282 g/mol. The van der Waals surface area contributed by atoms with E-state index in [4.69, 9.17) is 16.3 Å². The minimum atomic E-state index is 0.555. The second-order valence-corrected chi connectivity index (χ2v) is 6.01. The van der Waals surface area contributed by atoms with Crippen LogP contribution in [0, 0.1) is 6.92 Å². The molecule has 0 atom stereocenters. The van der Waals surface area contributed by atoms with Crippen molar-refractivity contribution >= 4 is 11.6 Å². The molecular weight excluding hydrogens is 258 g/mol. The van der Waals surface area contributed by atoms with Gasteiger partial charge in [0.25, 0.3) is 0 Å². The van der Waals surface area contributed by atoms with Crippen LogP contribution in [0.4, 0.5) is 0 Å². The number of nitrogens with zero attached hydrogens (tertiary/aromatic N) is 1. The second-order valence-electron chi connectivity index (χ2n) is 5.60. The summed E-state index contributed by atoms with van der Waals surface area (Å²) in [6.07, 6.45) is 1.03. The molecule has 19 heavy (non-hydrogen) atoms. The molecule has 0 spiro atoms. The minimum absolute atomic E-state index is 0.555. The van der Waals surface area contributed by atoms with Crippen LogP contribution in [-0.4, -0.2) is 37.7 Å². The Morgan fingerprint density at radius 3 is 2.58 bits per heavy atom. The smallest absolute Gasteiger partial charge is 0.0594 e. The molecule has 0 N–H and O–H groups in total. The molecule has 1 fully saturated rings. The molecule has 0 aromatic heterocycles. The number of hydrogen-bond donors (Lipinski definition) is 0. The van der Waals surface area contributed by atoms with Crippen molar-refractivity contribution in [2.45, 2.75) is 33.1 Å². The summed E-state index contributed by atoms with van der Waals surface area (Å²) in [7, 11) is 0. The Hall–Kier alpha value is -0.570. The van der Waals surface area contributed by atoms with E-state index in [1.54, 1.807) is 0 Å². The fraction of sp³-hybridized carbons (Fsp3) is 0.625. The Kier molecular flexibility index (Phi) is 5.26. The van der Waals surface area contributed by atoms with E-state index in [1.807, 2.05) is 0 Å². The van der Waals surface area contributed by atoms with Gasteiger partial charge >= 0.3 is 0 Å². The SMILES string of the molecule is Cc1c(C(C)C)ccc(Cl)c1CCN1CCOCC1. The Morgan fingerprint density at radius 2 is 1.95 bits per heavy atom. The molecule has 1 aromatic rings. The van der Waals surface area contributed by atoms with Crippen LogP contribution in [0.2, 0.25) is 5.02 Å². The third-order valence-electron chi connectivity index (χ3n) is 3.99. The standard InChI is InChI=1S/C16H24ClNO/c1-12(2)14-4-5-16(17)15(13(14)3)6-7-18-8-10-19-11-9-18/h4-5,12H,6-11H2,1-3H3. The molecule has 0 radical (unpaired) electrons. The van der Waals surface area contributed by atoms with Crippen LogP contribution in [0.5, 0.6) is 0 Å². The van der Waals surface area contributed by atoms with E-state index >= 15 is 0 Å². The lowest BCUT2D eigenvalue weighted by molar-refractivity contribution is 0.0384. The van der Waals surface area contributed by atoms with E-state index in [1.165, 1.54) is 16.7 Å². The van der Waals surface area contributed by atoms with Crippen molar-refractivity contribution in [3.8, 4) is 0 Å². The Morgan fingerprint density at radius 1 is 1.26 bits per heavy atom. The van der Waals surface area contributed by atoms with E-state index in [-0.39, 0.29) is 0 Å². The van der Waals surface area contributed by atoms with E-state index in [2.05, 4.69) is 37.8 Å². The van der Waals surface area contributed by atoms with Crippen molar-refractivity contribution in [3.63, 3.8) is 0 Å². The number of rotatable bonds is 4. The summed E-state index contributed by atoms with van der Waals surface area (Å²) < 4.78 is 5.38. The lowest BCUT2D eigenvalue weighted by Crippen LogP contribution is -2.37. The van der Waals surface area contributed by atoms with Crippen LogP contribution in [0.25, 0.3) is 0 Å². The highest BCUT2D eigenvalue weighted by atomic mass is 35.5. The van der Waals surface area contributed by atoms with Gasteiger partial charge in [-0.2, -0.15) is 0 Å². The van der Waals surface area contributed by atoms with E-state index < -0.39 is 0 Å². The number of benzene rings is 1. The summed E-state index contributed by atoms with van der Waals surface area (Å²) in [5, 5.41) is 0.912. The lowest BCUT2D eigenvalue weighted by Gasteiger charge is -2.27. The summed E-state index contributed by atoms with van der Waals surface area (Å²) in [4.78, 5) is 2.46. The highest BCUT2D eigenvalue weighted by Crippen LogP contribution is 2.28. The van der Waals surface area contributed by atoms with Crippen molar-refractivity contribution in [1.29, 1.82) is 0 Å². The zero-order valence-electron chi connectivity index (χ0n) is 12.2. The Labute approximate surface area is 121 Å². The van der Waals surface area contributed by atoms with Crippen molar-refractivity contribution in [2.24, 2.45) is 0 Å². The van der Waals surface area contributed by atoms with Crippen LogP contribution in [0.15, 0.2) is 12.1 Å². The molecule has 2 nitrogen and oxygen atoms in total. The molecule has 0 unspecified atom stereocenters. The van der Waals surface area contributed by atoms with Gasteiger partial charge in [-0.05, 0) is 42.0 Å². The zero-order valence-corrected chi connectivity index (χ0v) is 13.0. The molecule has 0 amide bonds. The predicted octanol–water partition coefficient (Wildman–Crippen LogP) is 3.65. The quantitative estimate of drug-likeness (QED) is 0.835. The summed E-state index contributed by atoms with van der Waals surface area (Å²) in [6, 6.07) is 4.22. The molecule has 2 rings (SSSR count). The molecule has 1 aliphatic rings. The van der Waals surface area contributed by atoms with Crippen molar-refractivity contribution < 1.29 is 4.74 Å². The normalized spacial score (nSPS) is 17.1. The lowest BCUT2D eigenvalue weighted by atomic mass is 9.93. The highest BCUT2D eigenvalue weighted by molar-refractivity contribution is 6.31. The summed E-state index contributed by atoms with van der Waals surface area (Å²) in [5.41, 5.74) is 4.11. The van der Waals surface area contributed by atoms with Gasteiger partial charge in [-0.3, -0.25) is 4.90 Å². The van der Waals surface area contributed by atoms with Gasteiger partial charge < -0.3 is 4.74 Å². The van der Waals surface area contributed by atoms with Crippen molar-refractivity contribution in [3.05, 3.63) is 33.8 Å². The van der Waals surface area contributed by atoms with Crippen LogP contribution < -0.4 is 0 Å². The molecular formula is C16H24ClNO. The Balaban J connectivity index is 2.08. The number of hydrogen-bond acceptors (Lipinski definition) is 2.